The minimum absolute atomic E-state index is 0.147. The molecule has 1 aliphatic heterocycles. The summed E-state index contributed by atoms with van der Waals surface area (Å²) in [6.07, 6.45) is 4.46. The molecular formula is C24H23N9O4. The second kappa shape index (κ2) is 9.44. The molecule has 13 heteroatoms. The molecule has 0 aliphatic carbocycles. The van der Waals surface area contributed by atoms with Crippen molar-refractivity contribution < 1.29 is 19.2 Å². The third-order valence-corrected chi connectivity index (χ3v) is 6.18. The van der Waals surface area contributed by atoms with E-state index in [1.165, 1.54) is 12.4 Å². The van der Waals surface area contributed by atoms with Crippen molar-refractivity contribution in [3.63, 3.8) is 0 Å². The first-order chi connectivity index (χ1) is 18.1. The summed E-state index contributed by atoms with van der Waals surface area (Å²) in [5.74, 6) is 1.67. The van der Waals surface area contributed by atoms with Gasteiger partial charge in [0.1, 0.15) is 11.3 Å². The zero-order chi connectivity index (χ0) is 25.4. The molecule has 5 aromatic rings. The minimum atomic E-state index is -0.678. The maximum absolute atomic E-state index is 11.5. The van der Waals surface area contributed by atoms with Crippen LogP contribution in [0, 0.1) is 0 Å². The van der Waals surface area contributed by atoms with Crippen LogP contribution in [-0.2, 0) is 11.3 Å². The number of hydrogen-bond donors (Lipinski definition) is 3. The van der Waals surface area contributed by atoms with Crippen molar-refractivity contribution in [2.45, 2.75) is 6.54 Å². The lowest BCUT2D eigenvalue weighted by molar-refractivity contribution is 0.0705. The van der Waals surface area contributed by atoms with E-state index >= 15 is 0 Å². The second-order valence-electron chi connectivity index (χ2n) is 8.60. The summed E-state index contributed by atoms with van der Waals surface area (Å²) < 4.78 is 11.8. The van der Waals surface area contributed by atoms with Crippen molar-refractivity contribution in [3.8, 4) is 11.4 Å². The summed E-state index contributed by atoms with van der Waals surface area (Å²) in [5, 5.41) is 16.9. The van der Waals surface area contributed by atoms with E-state index in [0.29, 0.717) is 67.3 Å². The van der Waals surface area contributed by atoms with Gasteiger partial charge in [-0.25, -0.2) is 25.4 Å². The van der Waals surface area contributed by atoms with Gasteiger partial charge >= 0.3 is 0 Å². The zero-order valence-corrected chi connectivity index (χ0v) is 19.9. The number of benzene rings is 1. The number of amides is 1. The number of nitrogens with zero attached hydrogens (tertiary/aromatic N) is 7. The average Bonchev–Trinajstić information content (AvgIpc) is 3.59. The first-order valence-corrected chi connectivity index (χ1v) is 11.6. The molecule has 1 aliphatic rings. The number of hydrogen-bond acceptors (Lipinski definition) is 11. The average molecular weight is 502 g/mol. The fraction of sp³-hybridized carbons (Fsp3) is 0.250. The lowest BCUT2D eigenvalue weighted by Crippen LogP contribution is -2.37. The molecule has 37 heavy (non-hydrogen) atoms. The highest BCUT2D eigenvalue weighted by Crippen LogP contribution is 2.33. The van der Waals surface area contributed by atoms with Crippen molar-refractivity contribution in [2.24, 2.45) is 0 Å². The van der Waals surface area contributed by atoms with Crippen molar-refractivity contribution in [1.82, 2.24) is 35.6 Å². The first-order valence-electron chi connectivity index (χ1n) is 11.6. The number of aromatic nitrogens is 6. The predicted octanol–water partition coefficient (Wildman–Crippen LogP) is 2.15. The predicted molar refractivity (Wildman–Crippen MR) is 133 cm³/mol. The number of fused-ring (bicyclic) bond motifs is 2. The summed E-state index contributed by atoms with van der Waals surface area (Å²) in [7, 11) is 1.81. The van der Waals surface area contributed by atoms with Crippen LogP contribution in [0.3, 0.4) is 0 Å². The Morgan fingerprint density at radius 2 is 2.00 bits per heavy atom. The van der Waals surface area contributed by atoms with Crippen LogP contribution in [-0.4, -0.2) is 74.6 Å². The number of carbonyl (C=O) groups is 1. The van der Waals surface area contributed by atoms with Crippen LogP contribution in [0.25, 0.3) is 33.4 Å². The molecule has 188 valence electrons. The van der Waals surface area contributed by atoms with Crippen molar-refractivity contribution in [1.29, 1.82) is 0 Å². The Hall–Kier alpha value is -4.62. The van der Waals surface area contributed by atoms with Crippen molar-refractivity contribution in [3.05, 3.63) is 54.2 Å². The van der Waals surface area contributed by atoms with Gasteiger partial charge < -0.3 is 19.0 Å². The van der Waals surface area contributed by atoms with Crippen LogP contribution >= 0.6 is 0 Å². The van der Waals surface area contributed by atoms with E-state index in [1.54, 1.807) is 16.6 Å². The third kappa shape index (κ3) is 4.30. The van der Waals surface area contributed by atoms with Crippen LogP contribution in [0.4, 0.5) is 11.8 Å². The van der Waals surface area contributed by atoms with E-state index in [0.717, 1.165) is 16.5 Å². The fourth-order valence-corrected chi connectivity index (χ4v) is 4.32. The van der Waals surface area contributed by atoms with Gasteiger partial charge in [0.15, 0.2) is 17.2 Å². The van der Waals surface area contributed by atoms with Gasteiger partial charge in [-0.15, -0.1) is 0 Å². The van der Waals surface area contributed by atoms with Gasteiger partial charge in [0.05, 0.1) is 37.0 Å². The molecule has 0 radical (unpaired) electrons. The number of ether oxygens (including phenoxy) is 1. The number of nitrogens with one attached hydrogen (secondary N) is 2. The maximum Gasteiger partial charge on any atom is 0.277 e. The van der Waals surface area contributed by atoms with Gasteiger partial charge in [0.2, 0.25) is 5.95 Å². The minimum Gasteiger partial charge on any atom is -0.454 e. The van der Waals surface area contributed by atoms with Gasteiger partial charge in [-0.1, -0.05) is 12.1 Å². The van der Waals surface area contributed by atoms with Crippen LogP contribution in [0.5, 0.6) is 0 Å². The number of H-pyrrole nitrogens is 1. The van der Waals surface area contributed by atoms with Gasteiger partial charge in [-0.05, 0) is 6.07 Å². The lowest BCUT2D eigenvalue weighted by Gasteiger charge is -2.27. The Labute approximate surface area is 210 Å². The van der Waals surface area contributed by atoms with E-state index < -0.39 is 5.91 Å². The van der Waals surface area contributed by atoms with Crippen LogP contribution in [0.15, 0.2) is 47.3 Å². The third-order valence-electron chi connectivity index (χ3n) is 6.18. The number of carbonyl (C=O) groups excluding carboxylic acids is 1. The largest absolute Gasteiger partial charge is 0.454 e. The number of hydroxylamine groups is 1. The van der Waals surface area contributed by atoms with Gasteiger partial charge in [0, 0.05) is 49.5 Å². The molecule has 0 bridgehead atoms. The first kappa shape index (κ1) is 22.8. The van der Waals surface area contributed by atoms with E-state index in [2.05, 4.69) is 25.1 Å². The van der Waals surface area contributed by atoms with Gasteiger partial charge in [-0.2, -0.15) is 5.10 Å². The number of morpholine rings is 1. The molecule has 1 fully saturated rings. The summed E-state index contributed by atoms with van der Waals surface area (Å²) >= 11 is 0. The molecule has 1 aromatic carbocycles. The molecule has 6 rings (SSSR count). The number of aromatic amines is 1. The Kier molecular flexibility index (Phi) is 5.82. The molecule has 5 heterocycles. The molecule has 0 spiro atoms. The van der Waals surface area contributed by atoms with Crippen molar-refractivity contribution >= 4 is 39.7 Å². The van der Waals surface area contributed by atoms with E-state index in [-0.39, 0.29) is 5.56 Å². The monoisotopic (exact) mass is 501 g/mol. The normalized spacial score (nSPS) is 13.8. The van der Waals surface area contributed by atoms with Crippen LogP contribution < -0.4 is 15.3 Å². The maximum atomic E-state index is 11.5. The summed E-state index contributed by atoms with van der Waals surface area (Å²) in [6.45, 7) is 2.96. The van der Waals surface area contributed by atoms with Crippen LogP contribution in [0.2, 0.25) is 0 Å². The summed E-state index contributed by atoms with van der Waals surface area (Å²) in [4.78, 5) is 33.7. The quantitative estimate of drug-likeness (QED) is 0.231. The molecule has 0 saturated carbocycles. The molecular weight excluding hydrogens is 478 g/mol. The second-order valence-corrected chi connectivity index (χ2v) is 8.60. The highest BCUT2D eigenvalue weighted by molar-refractivity contribution is 5.95. The highest BCUT2D eigenvalue weighted by Gasteiger charge is 2.23. The highest BCUT2D eigenvalue weighted by atomic mass is 16.5. The molecule has 1 saturated heterocycles. The Bertz CT molecular complexity index is 1570. The van der Waals surface area contributed by atoms with Crippen molar-refractivity contribution in [2.75, 3.05) is 43.2 Å². The molecule has 13 nitrogen and oxygen atoms in total. The Morgan fingerprint density at radius 1 is 1.19 bits per heavy atom. The Balaban J connectivity index is 1.37. The topological polar surface area (TPSA) is 158 Å². The SMILES string of the molecule is CN(Cc1cc2nc(-c3cccc4[nH]ncc34)nc(N3CCOCC3)c2o1)c1ncc(C(=O)NO)cn1. The molecule has 3 N–H and O–H groups in total. The van der Waals surface area contributed by atoms with E-state index in [1.807, 2.05) is 31.3 Å². The lowest BCUT2D eigenvalue weighted by atomic mass is 10.1. The smallest absolute Gasteiger partial charge is 0.277 e. The van der Waals surface area contributed by atoms with Gasteiger partial charge in [0.25, 0.3) is 5.91 Å². The standard InChI is InChI=1S/C24H23N9O4/c1-32(24-25-10-14(11-26-24)23(34)31-35)13-15-9-19-20(37-15)22(33-5-7-36-8-6-33)29-21(28-19)16-3-2-4-18-17(16)12-27-30-18/h2-4,9-12,35H,5-8,13H2,1H3,(H,27,30)(H,31,34). The fourth-order valence-electron chi connectivity index (χ4n) is 4.32. The zero-order valence-electron chi connectivity index (χ0n) is 19.9. The molecule has 0 atom stereocenters. The van der Waals surface area contributed by atoms with Gasteiger partial charge in [-0.3, -0.25) is 15.1 Å². The van der Waals surface area contributed by atoms with E-state index in [4.69, 9.17) is 24.3 Å². The number of anilines is 2. The molecule has 0 unspecified atom stereocenters. The summed E-state index contributed by atoms with van der Waals surface area (Å²) in [6, 6.07) is 7.78. The molecule has 1 amide bonds. The number of furan rings is 1. The van der Waals surface area contributed by atoms with Crippen LogP contribution in [0.1, 0.15) is 16.1 Å². The summed E-state index contributed by atoms with van der Waals surface area (Å²) in [5.41, 5.74) is 4.78. The Morgan fingerprint density at radius 3 is 2.78 bits per heavy atom. The number of rotatable bonds is 6. The molecule has 4 aromatic heterocycles. The van der Waals surface area contributed by atoms with E-state index in [9.17, 15) is 4.79 Å².